The Balaban J connectivity index is 3.28. The third kappa shape index (κ3) is 8.39. The standard InChI is InChI=1S/C6H17OSi2/c1-8(2)5-6-9(3,4)7/h7H,5-6H2,1-4H3. The topological polar surface area (TPSA) is 20.2 Å². The van der Waals surface area contributed by atoms with Crippen molar-refractivity contribution in [1.82, 2.24) is 0 Å². The van der Waals surface area contributed by atoms with Crippen LogP contribution in [0.3, 0.4) is 0 Å². The predicted octanol–water partition coefficient (Wildman–Crippen LogP) is 1.94. The zero-order valence-electron chi connectivity index (χ0n) is 6.86. The second kappa shape index (κ2) is 3.53. The van der Waals surface area contributed by atoms with E-state index in [2.05, 4.69) is 13.1 Å². The number of rotatable bonds is 3. The summed E-state index contributed by atoms with van der Waals surface area (Å²) in [5.41, 5.74) is 0. The van der Waals surface area contributed by atoms with Gasteiger partial charge in [-0.15, -0.1) is 0 Å². The third-order valence-corrected chi connectivity index (χ3v) is 4.46. The van der Waals surface area contributed by atoms with E-state index in [9.17, 15) is 4.80 Å². The van der Waals surface area contributed by atoms with Gasteiger partial charge in [0.1, 0.15) is 0 Å². The monoisotopic (exact) mass is 161 g/mol. The highest BCUT2D eigenvalue weighted by Crippen LogP contribution is 2.09. The zero-order valence-corrected chi connectivity index (χ0v) is 8.86. The molecule has 1 radical (unpaired) electrons. The van der Waals surface area contributed by atoms with Crippen LogP contribution >= 0.6 is 0 Å². The Bertz CT molecular complexity index is 75.6. The number of hydrogen-bond donors (Lipinski definition) is 1. The lowest BCUT2D eigenvalue weighted by molar-refractivity contribution is 0.551. The van der Waals surface area contributed by atoms with Gasteiger partial charge in [0.05, 0.1) is 0 Å². The second-order valence-electron chi connectivity index (χ2n) is 3.52. The highest BCUT2D eigenvalue weighted by Gasteiger charge is 2.16. The van der Waals surface area contributed by atoms with Gasteiger partial charge in [-0.25, -0.2) is 0 Å². The van der Waals surface area contributed by atoms with E-state index in [0.29, 0.717) is 0 Å². The summed E-state index contributed by atoms with van der Waals surface area (Å²) in [5, 5.41) is 0. The van der Waals surface area contributed by atoms with Crippen LogP contribution in [0.1, 0.15) is 0 Å². The highest BCUT2D eigenvalue weighted by molar-refractivity contribution is 6.71. The van der Waals surface area contributed by atoms with Crippen molar-refractivity contribution in [3.05, 3.63) is 0 Å². The Hall–Kier alpha value is 0.394. The van der Waals surface area contributed by atoms with Crippen LogP contribution in [-0.2, 0) is 0 Å². The summed E-state index contributed by atoms with van der Waals surface area (Å²) in [6.07, 6.45) is 0. The molecule has 0 spiro atoms. The molecule has 0 saturated carbocycles. The van der Waals surface area contributed by atoms with Gasteiger partial charge in [0, 0.05) is 8.80 Å². The Morgan fingerprint density at radius 3 is 1.89 bits per heavy atom. The maximum Gasteiger partial charge on any atom is 0.182 e. The highest BCUT2D eigenvalue weighted by atomic mass is 28.4. The van der Waals surface area contributed by atoms with E-state index in [-0.39, 0.29) is 8.80 Å². The van der Waals surface area contributed by atoms with Crippen LogP contribution in [0.4, 0.5) is 0 Å². The maximum atomic E-state index is 9.42. The van der Waals surface area contributed by atoms with Crippen molar-refractivity contribution in [3.8, 4) is 0 Å². The van der Waals surface area contributed by atoms with Crippen molar-refractivity contribution in [2.45, 2.75) is 38.3 Å². The van der Waals surface area contributed by atoms with Crippen LogP contribution in [0.5, 0.6) is 0 Å². The van der Waals surface area contributed by atoms with Crippen molar-refractivity contribution in [1.29, 1.82) is 0 Å². The average Bonchev–Trinajstić information content (AvgIpc) is 1.59. The molecule has 0 heterocycles. The molecule has 0 aromatic heterocycles. The minimum atomic E-state index is -1.69. The first kappa shape index (κ1) is 9.39. The Labute approximate surface area is 60.8 Å². The Kier molecular flexibility index (Phi) is 3.69. The summed E-state index contributed by atoms with van der Waals surface area (Å²) < 4.78 is 0. The molecule has 0 atom stereocenters. The first-order valence-corrected chi connectivity index (χ1v) is 9.29. The van der Waals surface area contributed by atoms with Gasteiger partial charge in [-0.3, -0.25) is 0 Å². The molecule has 9 heavy (non-hydrogen) atoms. The van der Waals surface area contributed by atoms with E-state index in [4.69, 9.17) is 0 Å². The van der Waals surface area contributed by atoms with Crippen LogP contribution in [0.25, 0.3) is 0 Å². The molecule has 0 saturated heterocycles. The lowest BCUT2D eigenvalue weighted by atomic mass is 10.9. The molecule has 1 nitrogen and oxygen atoms in total. The van der Waals surface area contributed by atoms with Gasteiger partial charge >= 0.3 is 0 Å². The maximum absolute atomic E-state index is 9.42. The fourth-order valence-corrected chi connectivity index (χ4v) is 5.00. The summed E-state index contributed by atoms with van der Waals surface area (Å²) >= 11 is 0. The fourth-order valence-electron chi connectivity index (χ4n) is 0.556. The molecule has 0 bridgehead atoms. The molecule has 0 aliphatic carbocycles. The van der Waals surface area contributed by atoms with Crippen molar-refractivity contribution >= 4 is 17.1 Å². The molecule has 0 amide bonds. The average molecular weight is 161 g/mol. The lowest BCUT2D eigenvalue weighted by Gasteiger charge is -2.13. The van der Waals surface area contributed by atoms with Gasteiger partial charge in [-0.05, 0) is 19.1 Å². The molecule has 1 N–H and O–H groups in total. The molecule has 0 rings (SSSR count). The molecule has 0 aliphatic heterocycles. The molecule has 0 aliphatic rings. The van der Waals surface area contributed by atoms with Gasteiger partial charge in [-0.2, -0.15) is 0 Å². The van der Waals surface area contributed by atoms with Gasteiger partial charge in [-0.1, -0.05) is 19.1 Å². The summed E-state index contributed by atoms with van der Waals surface area (Å²) in [4.78, 5) is 9.42. The Morgan fingerprint density at radius 2 is 1.78 bits per heavy atom. The van der Waals surface area contributed by atoms with Gasteiger partial charge < -0.3 is 4.80 Å². The van der Waals surface area contributed by atoms with E-state index in [1.54, 1.807) is 0 Å². The largest absolute Gasteiger partial charge is 0.432 e. The minimum absolute atomic E-state index is 0.0928. The lowest BCUT2D eigenvalue weighted by Crippen LogP contribution is -2.25. The summed E-state index contributed by atoms with van der Waals surface area (Å²) in [7, 11) is -1.79. The second-order valence-corrected chi connectivity index (χ2v) is 10.6. The normalized spacial score (nSPS) is 12.7. The summed E-state index contributed by atoms with van der Waals surface area (Å²) in [6.45, 7) is 8.62. The minimum Gasteiger partial charge on any atom is -0.432 e. The van der Waals surface area contributed by atoms with Crippen LogP contribution in [-0.4, -0.2) is 21.9 Å². The van der Waals surface area contributed by atoms with E-state index >= 15 is 0 Å². The number of hydrogen-bond acceptors (Lipinski definition) is 1. The first-order valence-electron chi connectivity index (χ1n) is 3.43. The van der Waals surface area contributed by atoms with Gasteiger partial charge in [0.2, 0.25) is 0 Å². The first-order chi connectivity index (χ1) is 3.92. The van der Waals surface area contributed by atoms with Crippen molar-refractivity contribution in [2.75, 3.05) is 0 Å². The van der Waals surface area contributed by atoms with Crippen molar-refractivity contribution in [3.63, 3.8) is 0 Å². The molecule has 0 unspecified atom stereocenters. The smallest absolute Gasteiger partial charge is 0.182 e. The van der Waals surface area contributed by atoms with Crippen LogP contribution in [0.2, 0.25) is 38.3 Å². The van der Waals surface area contributed by atoms with Crippen molar-refractivity contribution < 1.29 is 4.80 Å². The van der Waals surface area contributed by atoms with Crippen LogP contribution in [0, 0.1) is 0 Å². The van der Waals surface area contributed by atoms with E-state index in [1.165, 1.54) is 6.04 Å². The quantitative estimate of drug-likeness (QED) is 0.627. The molecule has 3 heteroatoms. The molecular weight excluding hydrogens is 144 g/mol. The zero-order chi connectivity index (χ0) is 7.49. The molecule has 0 aromatic carbocycles. The molecular formula is C6H17OSi2. The SMILES string of the molecule is C[Si](C)CC[Si](C)(C)O. The Morgan fingerprint density at radius 1 is 1.33 bits per heavy atom. The van der Waals surface area contributed by atoms with Crippen LogP contribution in [0.15, 0.2) is 0 Å². The van der Waals surface area contributed by atoms with Crippen molar-refractivity contribution in [2.24, 2.45) is 0 Å². The molecule has 0 aromatic rings. The predicted molar refractivity (Wildman–Crippen MR) is 46.8 cm³/mol. The summed E-state index contributed by atoms with van der Waals surface area (Å²) in [6, 6.07) is 2.37. The summed E-state index contributed by atoms with van der Waals surface area (Å²) in [5.74, 6) is 0. The third-order valence-electron chi connectivity index (χ3n) is 1.24. The van der Waals surface area contributed by atoms with E-state index in [0.717, 1.165) is 6.04 Å². The fraction of sp³-hybridized carbons (Fsp3) is 1.00. The molecule has 55 valence electrons. The van der Waals surface area contributed by atoms with Crippen LogP contribution < -0.4 is 0 Å². The van der Waals surface area contributed by atoms with E-state index in [1.807, 2.05) is 13.1 Å². The molecule has 0 fully saturated rings. The van der Waals surface area contributed by atoms with Gasteiger partial charge in [0.25, 0.3) is 0 Å². The van der Waals surface area contributed by atoms with E-state index < -0.39 is 8.32 Å². The van der Waals surface area contributed by atoms with Gasteiger partial charge in [0.15, 0.2) is 8.32 Å².